The number of rotatable bonds is 4. The van der Waals surface area contributed by atoms with Crippen LogP contribution in [-0.4, -0.2) is 20.9 Å². The second kappa shape index (κ2) is 5.39. The lowest BCUT2D eigenvalue weighted by Crippen LogP contribution is -2.16. The number of hydrazone groups is 1. The van der Waals surface area contributed by atoms with E-state index >= 15 is 0 Å². The molecule has 0 amide bonds. The van der Waals surface area contributed by atoms with Gasteiger partial charge in [0, 0.05) is 5.71 Å². The van der Waals surface area contributed by atoms with Crippen LogP contribution in [0.4, 0.5) is 5.95 Å². The zero-order valence-electron chi connectivity index (χ0n) is 10.0. The van der Waals surface area contributed by atoms with Crippen LogP contribution in [0.3, 0.4) is 0 Å². The van der Waals surface area contributed by atoms with E-state index in [-0.39, 0.29) is 11.5 Å². The van der Waals surface area contributed by atoms with E-state index in [1.54, 1.807) is 6.92 Å². The Bertz CT molecular complexity index is 437. The number of aromatic amines is 1. The second-order valence-corrected chi connectivity index (χ2v) is 3.76. The molecule has 1 aromatic heterocycles. The molecule has 16 heavy (non-hydrogen) atoms. The average Bonchev–Trinajstić information content (AvgIpc) is 2.29. The quantitative estimate of drug-likeness (QED) is 0.595. The van der Waals surface area contributed by atoms with Crippen molar-refractivity contribution in [3.63, 3.8) is 0 Å². The molecule has 6 nitrogen and oxygen atoms in total. The van der Waals surface area contributed by atoms with E-state index < -0.39 is 0 Å². The Labute approximate surface area is 94.2 Å². The number of nitrogens with one attached hydrogen (secondary N) is 2. The van der Waals surface area contributed by atoms with Gasteiger partial charge >= 0.3 is 0 Å². The fourth-order valence-electron chi connectivity index (χ4n) is 0.990. The monoisotopic (exact) mass is 223 g/mol. The van der Waals surface area contributed by atoms with Gasteiger partial charge in [-0.25, -0.2) is 5.43 Å². The van der Waals surface area contributed by atoms with Gasteiger partial charge in [0.25, 0.3) is 5.56 Å². The smallest absolute Gasteiger partial charge is 0.274 e. The van der Waals surface area contributed by atoms with Crippen molar-refractivity contribution < 1.29 is 0 Å². The summed E-state index contributed by atoms with van der Waals surface area (Å²) in [4.78, 5) is 13.8. The Hall–Kier alpha value is -1.72. The Morgan fingerprint density at radius 1 is 1.56 bits per heavy atom. The maximum Gasteiger partial charge on any atom is 0.274 e. The molecule has 1 aromatic rings. The molecule has 0 aliphatic heterocycles. The van der Waals surface area contributed by atoms with Crippen molar-refractivity contribution in [3.05, 3.63) is 16.0 Å². The number of hydrogen-bond acceptors (Lipinski definition) is 5. The Balaban J connectivity index is 2.75. The zero-order chi connectivity index (χ0) is 12.1. The highest BCUT2D eigenvalue weighted by molar-refractivity contribution is 5.84. The largest absolute Gasteiger partial charge is 0.288 e. The lowest BCUT2D eigenvalue weighted by Gasteiger charge is -2.07. The van der Waals surface area contributed by atoms with Gasteiger partial charge in [-0.1, -0.05) is 13.8 Å². The first-order valence-electron chi connectivity index (χ1n) is 5.28. The van der Waals surface area contributed by atoms with E-state index in [1.165, 1.54) is 0 Å². The fraction of sp³-hybridized carbons (Fsp3) is 0.600. The van der Waals surface area contributed by atoms with Crippen molar-refractivity contribution in [1.82, 2.24) is 15.2 Å². The summed E-state index contributed by atoms with van der Waals surface area (Å²) in [5.74, 6) is 0.663. The summed E-state index contributed by atoms with van der Waals surface area (Å²) >= 11 is 0. The van der Waals surface area contributed by atoms with E-state index in [9.17, 15) is 4.79 Å². The Morgan fingerprint density at radius 3 is 2.81 bits per heavy atom. The van der Waals surface area contributed by atoms with Crippen LogP contribution < -0.4 is 11.0 Å². The van der Waals surface area contributed by atoms with Gasteiger partial charge in [-0.2, -0.15) is 5.10 Å². The van der Waals surface area contributed by atoms with Crippen molar-refractivity contribution >= 4 is 11.7 Å². The van der Waals surface area contributed by atoms with Gasteiger partial charge in [-0.3, -0.25) is 9.78 Å². The number of aromatic nitrogens is 3. The molecule has 0 saturated heterocycles. The highest BCUT2D eigenvalue weighted by Crippen LogP contribution is 2.03. The minimum atomic E-state index is -0.256. The summed E-state index contributed by atoms with van der Waals surface area (Å²) in [6.07, 6.45) is 1.02. The molecule has 1 atom stereocenters. The van der Waals surface area contributed by atoms with Crippen LogP contribution >= 0.6 is 0 Å². The summed E-state index contributed by atoms with van der Waals surface area (Å²) in [5, 5.41) is 11.6. The van der Waals surface area contributed by atoms with E-state index in [0.717, 1.165) is 12.1 Å². The minimum absolute atomic E-state index is 0.256. The molecule has 0 fully saturated rings. The highest BCUT2D eigenvalue weighted by Gasteiger charge is 2.03. The summed E-state index contributed by atoms with van der Waals surface area (Å²) in [6.45, 7) is 7.71. The molecule has 0 aromatic carbocycles. The highest BCUT2D eigenvalue weighted by atomic mass is 16.1. The van der Waals surface area contributed by atoms with Crippen LogP contribution in [0.25, 0.3) is 0 Å². The second-order valence-electron chi connectivity index (χ2n) is 3.76. The average molecular weight is 223 g/mol. The SMILES string of the molecule is CC[C@@H](C)/C(C)=N\Nc1nnc(C)c(=O)[nH]1. The minimum Gasteiger partial charge on any atom is -0.288 e. The first kappa shape index (κ1) is 12.4. The maximum absolute atomic E-state index is 11.2. The van der Waals surface area contributed by atoms with Gasteiger partial charge in [0.15, 0.2) is 0 Å². The summed E-state index contributed by atoms with van der Waals surface area (Å²) in [7, 11) is 0. The van der Waals surface area contributed by atoms with Gasteiger partial charge in [0.2, 0.25) is 5.95 Å². The Kier molecular flexibility index (Phi) is 4.16. The molecule has 88 valence electrons. The molecule has 2 N–H and O–H groups in total. The molecule has 0 unspecified atom stereocenters. The van der Waals surface area contributed by atoms with Gasteiger partial charge in [0.1, 0.15) is 5.69 Å². The summed E-state index contributed by atoms with van der Waals surface area (Å²) in [6, 6.07) is 0. The predicted molar refractivity (Wildman–Crippen MR) is 63.6 cm³/mol. The lowest BCUT2D eigenvalue weighted by atomic mass is 10.1. The number of aryl methyl sites for hydroxylation is 1. The van der Waals surface area contributed by atoms with Gasteiger partial charge in [0.05, 0.1) is 0 Å². The molecular weight excluding hydrogens is 206 g/mol. The predicted octanol–water partition coefficient (Wildman–Crippen LogP) is 1.31. The van der Waals surface area contributed by atoms with Crippen LogP contribution in [0.5, 0.6) is 0 Å². The van der Waals surface area contributed by atoms with Gasteiger partial charge in [-0.15, -0.1) is 10.2 Å². The first-order valence-corrected chi connectivity index (χ1v) is 5.28. The Morgan fingerprint density at radius 2 is 2.25 bits per heavy atom. The molecular formula is C10H17N5O. The summed E-state index contributed by atoms with van der Waals surface area (Å²) in [5.41, 5.74) is 3.74. The van der Waals surface area contributed by atoms with Crippen molar-refractivity contribution in [2.24, 2.45) is 11.0 Å². The third kappa shape index (κ3) is 3.15. The fourth-order valence-corrected chi connectivity index (χ4v) is 0.990. The van der Waals surface area contributed by atoms with Crippen LogP contribution in [0, 0.1) is 12.8 Å². The van der Waals surface area contributed by atoms with Crippen LogP contribution in [0.2, 0.25) is 0 Å². The molecule has 6 heteroatoms. The molecule has 0 saturated carbocycles. The maximum atomic E-state index is 11.2. The van der Waals surface area contributed by atoms with Crippen LogP contribution in [0.15, 0.2) is 9.90 Å². The van der Waals surface area contributed by atoms with E-state index in [2.05, 4.69) is 39.6 Å². The molecule has 0 aliphatic carbocycles. The third-order valence-corrected chi connectivity index (χ3v) is 2.52. The third-order valence-electron chi connectivity index (χ3n) is 2.52. The molecule has 0 radical (unpaired) electrons. The van der Waals surface area contributed by atoms with Crippen LogP contribution in [0.1, 0.15) is 32.9 Å². The zero-order valence-corrected chi connectivity index (χ0v) is 10.0. The van der Waals surface area contributed by atoms with Crippen molar-refractivity contribution in [1.29, 1.82) is 0 Å². The van der Waals surface area contributed by atoms with Crippen molar-refractivity contribution in [2.75, 3.05) is 5.43 Å². The number of anilines is 1. The molecule has 1 rings (SSSR count). The summed E-state index contributed by atoms with van der Waals surface area (Å²) < 4.78 is 0. The number of H-pyrrole nitrogens is 1. The molecule has 0 spiro atoms. The topological polar surface area (TPSA) is 83.0 Å². The van der Waals surface area contributed by atoms with Gasteiger partial charge in [-0.05, 0) is 26.2 Å². The first-order chi connectivity index (χ1) is 7.54. The van der Waals surface area contributed by atoms with Crippen molar-refractivity contribution in [2.45, 2.75) is 34.1 Å². The van der Waals surface area contributed by atoms with E-state index in [4.69, 9.17) is 0 Å². The van der Waals surface area contributed by atoms with Gasteiger partial charge < -0.3 is 0 Å². The normalized spacial score (nSPS) is 13.6. The molecule has 1 heterocycles. The van der Waals surface area contributed by atoms with Crippen LogP contribution in [-0.2, 0) is 0 Å². The van der Waals surface area contributed by atoms with Crippen molar-refractivity contribution in [3.8, 4) is 0 Å². The number of nitrogens with zero attached hydrogens (tertiary/aromatic N) is 3. The lowest BCUT2D eigenvalue weighted by molar-refractivity contribution is 0.733. The molecule has 0 bridgehead atoms. The van der Waals surface area contributed by atoms with E-state index in [1.807, 2.05) is 6.92 Å². The number of hydrogen-bond donors (Lipinski definition) is 2. The van der Waals surface area contributed by atoms with E-state index in [0.29, 0.717) is 11.6 Å². The standard InChI is InChI=1S/C10H17N5O/c1-5-6(2)7(3)12-14-10-11-9(16)8(4)13-15-10/h6H,5H2,1-4H3,(H2,11,14,15,16)/b12-7-/t6-/m1/s1. The molecule has 0 aliphatic rings.